The molecule has 3 aliphatic heterocycles. The lowest BCUT2D eigenvalue weighted by atomic mass is 9.97. The summed E-state index contributed by atoms with van der Waals surface area (Å²) in [7, 11) is 0. The minimum absolute atomic E-state index is 0.548. The molecular weight excluding hydrogens is 760 g/mol. The predicted molar refractivity (Wildman–Crippen MR) is 174 cm³/mol. The molecule has 0 unspecified atom stereocenters. The van der Waals surface area contributed by atoms with Crippen LogP contribution in [0.3, 0.4) is 0 Å². The highest BCUT2D eigenvalue weighted by Gasteiger charge is 2.56. The van der Waals surface area contributed by atoms with Crippen LogP contribution in [0.4, 0.5) is 0 Å². The van der Waals surface area contributed by atoms with E-state index < -0.39 is 147 Å². The third-order valence-corrected chi connectivity index (χ3v) is 7.71. The van der Waals surface area contributed by atoms with Crippen LogP contribution in [0.25, 0.3) is 0 Å². The molecule has 2 fully saturated rings. The lowest BCUT2D eigenvalue weighted by molar-refractivity contribution is -0.326. The Labute approximate surface area is 319 Å². The van der Waals surface area contributed by atoms with Crippen molar-refractivity contribution in [3.63, 3.8) is 0 Å². The van der Waals surface area contributed by atoms with Crippen molar-refractivity contribution in [3.05, 3.63) is 12.3 Å². The van der Waals surface area contributed by atoms with Crippen molar-refractivity contribution >= 4 is 53.5 Å². The molecule has 3 rings (SSSR count). The molecule has 0 aromatic heterocycles. The molecule has 0 spiro atoms. The highest BCUT2D eigenvalue weighted by molar-refractivity contribution is 5.94. The second kappa shape index (κ2) is 20.6. The summed E-state index contributed by atoms with van der Waals surface area (Å²) in [5, 5.41) is 0. The molecule has 3 heterocycles. The van der Waals surface area contributed by atoms with Crippen LogP contribution in [-0.4, -0.2) is 147 Å². The van der Waals surface area contributed by atoms with Crippen LogP contribution < -0.4 is 0 Å². The highest BCUT2D eigenvalue weighted by atomic mass is 16.8. The van der Waals surface area contributed by atoms with Crippen molar-refractivity contribution in [2.24, 2.45) is 0 Å². The Balaban J connectivity index is 1.99. The van der Waals surface area contributed by atoms with Gasteiger partial charge in [-0.05, 0) is 0 Å². The number of carbonyl (C=O) groups is 9. The first-order valence-electron chi connectivity index (χ1n) is 17.0. The summed E-state index contributed by atoms with van der Waals surface area (Å²) in [5.74, 6) is -7.62. The van der Waals surface area contributed by atoms with E-state index in [4.69, 9.17) is 61.6 Å². The molecule has 312 valence electrons. The molecule has 0 aliphatic carbocycles. The lowest BCUT2D eigenvalue weighted by Gasteiger charge is -2.45. The first-order chi connectivity index (χ1) is 26.3. The second-order valence-electron chi connectivity index (χ2n) is 12.4. The van der Waals surface area contributed by atoms with Gasteiger partial charge in [0.15, 0.2) is 67.2 Å². The molecular formula is C34H44O22. The molecule has 0 radical (unpaired) electrons. The van der Waals surface area contributed by atoms with Gasteiger partial charge in [-0.25, -0.2) is 0 Å². The van der Waals surface area contributed by atoms with Crippen LogP contribution in [0.15, 0.2) is 12.3 Å². The number of hydrogen-bond acceptors (Lipinski definition) is 22. The summed E-state index contributed by atoms with van der Waals surface area (Å²) < 4.78 is 72.0. The fraction of sp³-hybridized carbons (Fsp3) is 0.676. The van der Waals surface area contributed by atoms with Crippen LogP contribution in [0.5, 0.6) is 0 Å². The van der Waals surface area contributed by atoms with Gasteiger partial charge in [0.1, 0.15) is 25.4 Å². The number of esters is 8. The maximum atomic E-state index is 13.4. The first kappa shape index (κ1) is 45.2. The largest absolute Gasteiger partial charge is 0.492 e. The zero-order valence-electron chi connectivity index (χ0n) is 31.7. The second-order valence-corrected chi connectivity index (χ2v) is 12.4. The molecule has 3 aliphatic rings. The zero-order valence-corrected chi connectivity index (χ0v) is 31.7. The highest BCUT2D eigenvalue weighted by Crippen LogP contribution is 2.33. The molecule has 0 aromatic rings. The Morgan fingerprint density at radius 3 is 1.27 bits per heavy atom. The normalized spacial score (nSPS) is 31.0. The number of ether oxygens (including phenoxy) is 13. The third kappa shape index (κ3) is 13.2. The van der Waals surface area contributed by atoms with Gasteiger partial charge in [-0.15, -0.1) is 0 Å². The molecule has 0 saturated carbocycles. The summed E-state index contributed by atoms with van der Waals surface area (Å²) in [5.41, 5.74) is 0. The Kier molecular flexibility index (Phi) is 16.7. The molecule has 0 bridgehead atoms. The Morgan fingerprint density at radius 2 is 0.857 bits per heavy atom. The third-order valence-electron chi connectivity index (χ3n) is 7.71. The van der Waals surface area contributed by atoms with E-state index in [2.05, 4.69) is 0 Å². The number of ketones is 1. The van der Waals surface area contributed by atoms with Crippen LogP contribution in [-0.2, 0) is 105 Å². The van der Waals surface area contributed by atoms with E-state index in [1.807, 2.05) is 0 Å². The van der Waals surface area contributed by atoms with Crippen molar-refractivity contribution in [3.8, 4) is 0 Å². The zero-order chi connectivity index (χ0) is 41.9. The minimum Gasteiger partial charge on any atom is -0.492 e. The van der Waals surface area contributed by atoms with E-state index in [1.165, 1.54) is 0 Å². The van der Waals surface area contributed by atoms with Crippen LogP contribution in [0, 0.1) is 0 Å². The monoisotopic (exact) mass is 804 g/mol. The Morgan fingerprint density at radius 1 is 0.482 bits per heavy atom. The summed E-state index contributed by atoms with van der Waals surface area (Å²) in [4.78, 5) is 110. The van der Waals surface area contributed by atoms with E-state index in [1.54, 1.807) is 0 Å². The average Bonchev–Trinajstić information content (AvgIpc) is 3.06. The molecule has 56 heavy (non-hydrogen) atoms. The lowest BCUT2D eigenvalue weighted by Crippen LogP contribution is -2.64. The maximum Gasteiger partial charge on any atom is 0.303 e. The molecule has 0 aromatic carbocycles. The van der Waals surface area contributed by atoms with Gasteiger partial charge in [0.2, 0.25) is 0 Å². The smallest absolute Gasteiger partial charge is 0.303 e. The number of hydrogen-bond donors (Lipinski definition) is 0. The Hall–Kier alpha value is -5.19. The number of carbonyl (C=O) groups excluding carboxylic acids is 9. The standard InChI is InChI=1S/C34H44O22/c1-14(35)45-12-24-27(48-16(3)37)29(50-18(5)39)31(52-20(7)41)33(54-24)47-11-23-26(22(43)9-10-44-23)56-34-32(53-21(8)42)30(51-19(6)40)28(49-17(4)38)25(55-34)13-46-15(2)36/h9-10,23-34H,11-13H2,1-8H3/t23-,24+,25+,26-,27+,28-,29-,30-,31+,32+,33+,34-/m0/s1. The molecule has 2 saturated heterocycles. The van der Waals surface area contributed by atoms with E-state index in [0.29, 0.717) is 0 Å². The van der Waals surface area contributed by atoms with E-state index in [9.17, 15) is 43.2 Å². The topological polar surface area (TPSA) is 274 Å². The summed E-state index contributed by atoms with van der Waals surface area (Å²) in [6.45, 7) is 6.59. The maximum absolute atomic E-state index is 13.4. The minimum atomic E-state index is -1.80. The van der Waals surface area contributed by atoms with Gasteiger partial charge < -0.3 is 61.6 Å². The number of rotatable bonds is 15. The summed E-state index contributed by atoms with van der Waals surface area (Å²) in [6, 6.07) is 0. The molecule has 12 atom stereocenters. The van der Waals surface area contributed by atoms with Gasteiger partial charge in [-0.3, -0.25) is 43.2 Å². The fourth-order valence-corrected chi connectivity index (χ4v) is 5.79. The fourth-order valence-electron chi connectivity index (χ4n) is 5.79. The van der Waals surface area contributed by atoms with E-state index in [-0.39, 0.29) is 0 Å². The van der Waals surface area contributed by atoms with Crippen molar-refractivity contribution < 1.29 is 105 Å². The van der Waals surface area contributed by atoms with Crippen LogP contribution >= 0.6 is 0 Å². The SMILES string of the molecule is CC(=O)OC[C@H]1O[C@@H](O[C@H]2C(=O)C=CO[C@H]2CO[C@@H]2O[C@H](COC(C)=O)[C@@H](OC(C)=O)[C@H](OC(C)=O)[C@H]2OC(C)=O)[C@H](OC(C)=O)[C@@H](OC(C)=O)[C@H]1OC(C)=O. The van der Waals surface area contributed by atoms with Crippen molar-refractivity contribution in [2.45, 2.75) is 129 Å². The molecule has 0 N–H and O–H groups in total. The average molecular weight is 805 g/mol. The van der Waals surface area contributed by atoms with Crippen LogP contribution in [0.1, 0.15) is 55.4 Å². The van der Waals surface area contributed by atoms with E-state index in [0.717, 1.165) is 67.7 Å². The van der Waals surface area contributed by atoms with Crippen molar-refractivity contribution in [1.82, 2.24) is 0 Å². The first-order valence-corrected chi connectivity index (χ1v) is 17.0. The molecule has 22 nitrogen and oxygen atoms in total. The van der Waals surface area contributed by atoms with Crippen LogP contribution in [0.2, 0.25) is 0 Å². The molecule has 0 amide bonds. The van der Waals surface area contributed by atoms with Gasteiger partial charge in [-0.1, -0.05) is 0 Å². The van der Waals surface area contributed by atoms with Gasteiger partial charge >= 0.3 is 47.8 Å². The summed E-state index contributed by atoms with van der Waals surface area (Å²) >= 11 is 0. The molecule has 22 heteroatoms. The predicted octanol–water partition coefficient (Wildman–Crippen LogP) is -0.964. The van der Waals surface area contributed by atoms with Gasteiger partial charge in [-0.2, -0.15) is 0 Å². The summed E-state index contributed by atoms with van der Waals surface area (Å²) in [6.07, 6.45) is -16.8. The van der Waals surface area contributed by atoms with Gasteiger partial charge in [0.25, 0.3) is 0 Å². The van der Waals surface area contributed by atoms with Crippen molar-refractivity contribution in [2.75, 3.05) is 19.8 Å². The van der Waals surface area contributed by atoms with Crippen molar-refractivity contribution in [1.29, 1.82) is 0 Å². The van der Waals surface area contributed by atoms with E-state index >= 15 is 0 Å². The quantitative estimate of drug-likeness (QED) is 0.142. The van der Waals surface area contributed by atoms with Gasteiger partial charge in [0, 0.05) is 61.5 Å². The Bertz CT molecular complexity index is 1520. The van der Waals surface area contributed by atoms with Gasteiger partial charge in [0.05, 0.1) is 12.9 Å².